The predicted molar refractivity (Wildman–Crippen MR) is 241 cm³/mol. The van der Waals surface area contributed by atoms with E-state index in [0.717, 1.165) is 0 Å². The summed E-state index contributed by atoms with van der Waals surface area (Å²) >= 11 is 1.28. The monoisotopic (exact) mass is 923 g/mol. The summed E-state index contributed by atoms with van der Waals surface area (Å²) in [5.41, 5.74) is 5.71. The lowest BCUT2D eigenvalue weighted by Crippen LogP contribution is -2.65. The van der Waals surface area contributed by atoms with E-state index in [1.54, 1.807) is 49.3 Å². The number of fused-ring (bicyclic) bond motifs is 6. The Balaban J connectivity index is 1.31. The van der Waals surface area contributed by atoms with Crippen LogP contribution in [0.4, 0.5) is 18.0 Å². The lowest BCUT2D eigenvalue weighted by atomic mass is 9.84. The number of rotatable bonds is 9. The molecular weight excluding hydrogens is 864 g/mol. The molecule has 4 atom stereocenters. The van der Waals surface area contributed by atoms with Gasteiger partial charge < -0.3 is 34.1 Å². The lowest BCUT2D eigenvalue weighted by Gasteiger charge is -2.45. The number of carbonyl (C=O) groups is 4. The van der Waals surface area contributed by atoms with E-state index in [2.05, 4.69) is 20.6 Å². The Bertz CT molecular complexity index is 2410. The summed E-state index contributed by atoms with van der Waals surface area (Å²) in [7, 11) is 7.02. The molecule has 6 bridgehead atoms. The number of hydrogen-bond acceptors (Lipinski definition) is 11. The Morgan fingerprint density at radius 3 is 2.54 bits per heavy atom. The summed E-state index contributed by atoms with van der Waals surface area (Å²) in [6, 6.07) is 5.67. The number of nitrogens with zero attached hydrogens (tertiary/aromatic N) is 7. The molecule has 3 aliphatic heterocycles. The number of benzene rings is 1. The number of cyclic esters (lactones) is 1. The summed E-state index contributed by atoms with van der Waals surface area (Å²) in [6.45, 7) is 9.23. The maximum atomic E-state index is 14.6. The molecule has 352 valence electrons. The number of urea groups is 1. The summed E-state index contributed by atoms with van der Waals surface area (Å²) in [4.78, 5) is 71.0. The van der Waals surface area contributed by atoms with Gasteiger partial charge in [0.25, 0.3) is 5.91 Å². The molecule has 7 rings (SSSR count). The fourth-order valence-corrected chi connectivity index (χ4v) is 9.89. The van der Waals surface area contributed by atoms with Gasteiger partial charge in [-0.1, -0.05) is 33.8 Å². The number of aromatic nitrogens is 3. The minimum atomic E-state index is -4.58. The second-order valence-corrected chi connectivity index (χ2v) is 19.8. The van der Waals surface area contributed by atoms with Crippen LogP contribution in [0.5, 0.6) is 0 Å². The van der Waals surface area contributed by atoms with Crippen LogP contribution in [0.2, 0.25) is 0 Å². The normalized spacial score (nSPS) is 20.6. The molecule has 19 heteroatoms. The van der Waals surface area contributed by atoms with E-state index in [4.69, 9.17) is 14.5 Å². The van der Waals surface area contributed by atoms with Gasteiger partial charge in [-0.3, -0.25) is 24.4 Å². The van der Waals surface area contributed by atoms with E-state index in [1.807, 2.05) is 53.2 Å². The number of likely N-dealkylation sites (N-methyl/N-ethyl adjacent to an activating group) is 2. The van der Waals surface area contributed by atoms with E-state index in [0.29, 0.717) is 75.6 Å². The van der Waals surface area contributed by atoms with Crippen LogP contribution in [0.1, 0.15) is 69.8 Å². The molecule has 2 saturated heterocycles. The van der Waals surface area contributed by atoms with Crippen molar-refractivity contribution in [3.63, 3.8) is 0 Å². The highest BCUT2D eigenvalue weighted by molar-refractivity contribution is 7.10. The standard InChI is InChI=1S/C46H60F3N9O6S/c1-26(2)39(55(8)44(62)56-21-29(22-56)54(6)7)41(59)52-34-19-37-51-35(23-65-37)28-14-15-36-31(18-28)32(20-45(4,5)25-64-43(61)33-13-11-17-58(53-33)42(34)60)40(57(36)24-46(47,48)49)30-12-10-16-50-38(30)27(3)63-9/h10,12,14-16,18,23,26-27,29,33-34,39,53H,11,13,17,19-22,24-25H2,1-9H3,(H,52,59)/t27-,33-,34-,39?/m0/s1. The number of halogens is 3. The van der Waals surface area contributed by atoms with Crippen LogP contribution in [0.3, 0.4) is 0 Å². The molecule has 0 aliphatic carbocycles. The molecule has 1 aromatic carbocycles. The molecule has 0 spiro atoms. The first kappa shape index (κ1) is 47.8. The second kappa shape index (κ2) is 19.0. The van der Waals surface area contributed by atoms with Crippen molar-refractivity contribution in [1.82, 2.24) is 45.0 Å². The molecule has 6 heterocycles. The van der Waals surface area contributed by atoms with Crippen molar-refractivity contribution in [3.05, 3.63) is 58.2 Å². The van der Waals surface area contributed by atoms with E-state index < -0.39 is 60.1 Å². The largest absolute Gasteiger partial charge is 0.464 e. The van der Waals surface area contributed by atoms with Gasteiger partial charge in [-0.05, 0) is 76.0 Å². The van der Waals surface area contributed by atoms with Gasteiger partial charge >= 0.3 is 18.2 Å². The van der Waals surface area contributed by atoms with Crippen LogP contribution < -0.4 is 10.7 Å². The molecule has 15 nitrogen and oxygen atoms in total. The molecule has 4 aromatic rings. The van der Waals surface area contributed by atoms with Crippen molar-refractivity contribution in [2.75, 3.05) is 54.5 Å². The zero-order valence-corrected chi connectivity index (χ0v) is 39.3. The molecular formula is C46H60F3N9O6S. The number of ether oxygens (including phenoxy) is 2. The van der Waals surface area contributed by atoms with Crippen LogP contribution in [-0.4, -0.2) is 143 Å². The fourth-order valence-electron chi connectivity index (χ4n) is 9.04. The summed E-state index contributed by atoms with van der Waals surface area (Å²) in [6.07, 6.45) is -2.49. The molecule has 3 aromatic heterocycles. The Hall–Kier alpha value is -5.11. The fraction of sp³-hybridized carbons (Fsp3) is 0.565. The van der Waals surface area contributed by atoms with Gasteiger partial charge in [0.15, 0.2) is 0 Å². The van der Waals surface area contributed by atoms with Crippen LogP contribution in [0.25, 0.3) is 33.4 Å². The molecule has 65 heavy (non-hydrogen) atoms. The van der Waals surface area contributed by atoms with Gasteiger partial charge in [-0.15, -0.1) is 11.3 Å². The number of hydrazine groups is 1. The van der Waals surface area contributed by atoms with E-state index >= 15 is 0 Å². The first-order chi connectivity index (χ1) is 30.7. The van der Waals surface area contributed by atoms with Crippen molar-refractivity contribution in [1.29, 1.82) is 0 Å². The van der Waals surface area contributed by atoms with Gasteiger partial charge in [0.1, 0.15) is 24.7 Å². The van der Waals surface area contributed by atoms with Crippen LogP contribution in [0, 0.1) is 11.3 Å². The number of alkyl halides is 3. The minimum Gasteiger partial charge on any atom is -0.464 e. The maximum Gasteiger partial charge on any atom is 0.406 e. The number of likely N-dealkylation sites (tertiary alicyclic amines) is 1. The summed E-state index contributed by atoms with van der Waals surface area (Å²) in [5, 5.41) is 7.22. The highest BCUT2D eigenvalue weighted by atomic mass is 32.1. The number of hydrogen-bond donors (Lipinski definition) is 2. The SMILES string of the molecule is CO[C@@H](C)c1ncccc1-c1c2c3cc(ccc3n1CC(F)(F)F)-c1csc(n1)C[C@H](NC(=O)C(C(C)C)N(C)C(=O)N1CC(N(C)C)C1)C(=O)N1CCC[C@H](N1)C(=O)OCC(C)(C)C2. The Morgan fingerprint density at radius 2 is 1.86 bits per heavy atom. The number of nitrogens with one attached hydrogen (secondary N) is 2. The van der Waals surface area contributed by atoms with E-state index in [9.17, 15) is 32.3 Å². The Kier molecular flexibility index (Phi) is 14.0. The third-order valence-electron chi connectivity index (χ3n) is 12.7. The van der Waals surface area contributed by atoms with Crippen LogP contribution >= 0.6 is 11.3 Å². The zero-order valence-electron chi connectivity index (χ0n) is 38.5. The van der Waals surface area contributed by atoms with Crippen molar-refractivity contribution >= 4 is 46.1 Å². The molecule has 0 radical (unpaired) electrons. The first-order valence-corrected chi connectivity index (χ1v) is 22.9. The third-order valence-corrected chi connectivity index (χ3v) is 13.5. The lowest BCUT2D eigenvalue weighted by molar-refractivity contribution is -0.155. The van der Waals surface area contributed by atoms with Gasteiger partial charge in [0.05, 0.1) is 34.8 Å². The number of esters is 1. The van der Waals surface area contributed by atoms with Crippen molar-refractivity contribution in [2.45, 2.75) is 103 Å². The first-order valence-electron chi connectivity index (χ1n) is 22.0. The predicted octanol–water partition coefficient (Wildman–Crippen LogP) is 6.07. The summed E-state index contributed by atoms with van der Waals surface area (Å²) in [5.74, 6) is -1.90. The highest BCUT2D eigenvalue weighted by Crippen LogP contribution is 2.43. The maximum absolute atomic E-state index is 14.6. The van der Waals surface area contributed by atoms with Crippen molar-refractivity contribution in [3.8, 4) is 22.5 Å². The average Bonchev–Trinajstić information content (AvgIpc) is 3.81. The molecule has 2 N–H and O–H groups in total. The van der Waals surface area contributed by atoms with Crippen LogP contribution in [-0.2, 0) is 43.2 Å². The van der Waals surface area contributed by atoms with E-state index in [1.165, 1.54) is 32.9 Å². The van der Waals surface area contributed by atoms with Gasteiger partial charge in [-0.25, -0.2) is 15.2 Å². The number of carbonyl (C=O) groups excluding carboxylic acids is 4. The van der Waals surface area contributed by atoms with Crippen LogP contribution in [0.15, 0.2) is 41.9 Å². The summed E-state index contributed by atoms with van der Waals surface area (Å²) < 4.78 is 56.8. The molecule has 2 fully saturated rings. The topological polar surface area (TPSA) is 154 Å². The number of amides is 4. The molecule has 1 unspecified atom stereocenters. The van der Waals surface area contributed by atoms with Crippen molar-refractivity contribution < 1.29 is 41.8 Å². The third kappa shape index (κ3) is 10.3. The molecule has 4 amide bonds. The smallest absolute Gasteiger partial charge is 0.406 e. The minimum absolute atomic E-state index is 0.0170. The quantitative estimate of drug-likeness (QED) is 0.189. The number of pyridine rings is 1. The Labute approximate surface area is 381 Å². The van der Waals surface area contributed by atoms with Gasteiger partial charge in [-0.2, -0.15) is 13.2 Å². The second-order valence-electron chi connectivity index (χ2n) is 18.8. The molecule has 0 saturated carbocycles. The van der Waals surface area contributed by atoms with Gasteiger partial charge in [0.2, 0.25) is 5.91 Å². The number of thiazole rings is 1. The zero-order chi connectivity index (χ0) is 47.1. The molecule has 3 aliphatic rings. The highest BCUT2D eigenvalue weighted by Gasteiger charge is 2.41. The number of methoxy groups -OCH3 is 1. The van der Waals surface area contributed by atoms with Gasteiger partial charge in [0, 0.05) is 85.3 Å². The average molecular weight is 924 g/mol. The van der Waals surface area contributed by atoms with E-state index in [-0.39, 0.29) is 44.0 Å². The van der Waals surface area contributed by atoms with Crippen molar-refractivity contribution in [2.24, 2.45) is 11.3 Å². The Morgan fingerprint density at radius 1 is 1.12 bits per heavy atom.